The smallest absolute Gasteiger partial charge is 0.489 e. The van der Waals surface area contributed by atoms with E-state index in [-0.39, 0.29) is 22.8 Å². The van der Waals surface area contributed by atoms with Gasteiger partial charge in [-0.2, -0.15) is 8.78 Å². The van der Waals surface area contributed by atoms with Gasteiger partial charge < -0.3 is 14.2 Å². The first-order chi connectivity index (χ1) is 18.2. The Morgan fingerprint density at radius 3 is 2.55 bits per heavy atom. The minimum absolute atomic E-state index is 0.120. The van der Waals surface area contributed by atoms with Crippen LogP contribution in [0.25, 0.3) is 28.2 Å². The molecule has 0 radical (unpaired) electrons. The first-order valence-corrected chi connectivity index (χ1v) is 12.3. The minimum atomic E-state index is -4.85. The quantitative estimate of drug-likeness (QED) is 0.213. The number of nitrogens with zero attached hydrogens (tertiary/aromatic N) is 2. The summed E-state index contributed by atoms with van der Waals surface area (Å²) in [6, 6.07) is 9.43. The van der Waals surface area contributed by atoms with Crippen LogP contribution in [-0.2, 0) is 0 Å². The van der Waals surface area contributed by atoms with E-state index in [4.69, 9.17) is 4.74 Å². The summed E-state index contributed by atoms with van der Waals surface area (Å²) in [5.74, 6) is -0.0633. The molecule has 0 spiro atoms. The van der Waals surface area contributed by atoms with Gasteiger partial charge in [0.2, 0.25) is 0 Å². The van der Waals surface area contributed by atoms with Crippen LogP contribution < -0.4 is 19.8 Å². The molecular formula is C26H19F5N2O4S. The fraction of sp³-hybridized carbons (Fsp3) is 0.231. The molecule has 1 fully saturated rings. The van der Waals surface area contributed by atoms with Crippen LogP contribution in [0.2, 0.25) is 0 Å². The number of ether oxygens (including phenoxy) is 3. The number of rotatable bonds is 9. The molecule has 2 aromatic carbocycles. The zero-order valence-electron chi connectivity index (χ0n) is 19.5. The Morgan fingerprint density at radius 2 is 1.87 bits per heavy atom. The molecule has 0 bridgehead atoms. The molecule has 6 nitrogen and oxygen atoms in total. The van der Waals surface area contributed by atoms with Gasteiger partial charge in [-0.05, 0) is 54.7 Å². The predicted octanol–water partition coefficient (Wildman–Crippen LogP) is 6.88. The minimum Gasteiger partial charge on any atom is -0.489 e. The lowest BCUT2D eigenvalue weighted by atomic mass is 10.0. The Bertz CT molecular complexity index is 1530. The third-order valence-corrected chi connectivity index (χ3v) is 6.43. The van der Waals surface area contributed by atoms with Gasteiger partial charge in [0.1, 0.15) is 5.75 Å². The molecule has 0 unspecified atom stereocenters. The Hall–Kier alpha value is -3.93. The molecular weight excluding hydrogens is 531 g/mol. The first kappa shape index (κ1) is 25.7. The molecule has 0 aliphatic heterocycles. The van der Waals surface area contributed by atoms with Crippen molar-refractivity contribution in [2.75, 3.05) is 6.61 Å². The van der Waals surface area contributed by atoms with Crippen molar-refractivity contribution in [1.82, 2.24) is 9.38 Å². The molecule has 1 aliphatic rings. The van der Waals surface area contributed by atoms with E-state index in [2.05, 4.69) is 14.5 Å². The van der Waals surface area contributed by atoms with Crippen molar-refractivity contribution in [1.29, 1.82) is 0 Å². The molecule has 2 aromatic heterocycles. The van der Waals surface area contributed by atoms with E-state index in [9.17, 15) is 26.7 Å². The highest BCUT2D eigenvalue weighted by Crippen LogP contribution is 2.37. The fourth-order valence-corrected chi connectivity index (χ4v) is 4.49. The number of hydrogen-bond acceptors (Lipinski definition) is 6. The Balaban J connectivity index is 1.56. The number of fused-ring (bicyclic) bond motifs is 1. The van der Waals surface area contributed by atoms with Crippen LogP contribution in [0.15, 0.2) is 58.8 Å². The Morgan fingerprint density at radius 1 is 1.11 bits per heavy atom. The van der Waals surface area contributed by atoms with Crippen LogP contribution in [0, 0.1) is 5.92 Å². The second kappa shape index (κ2) is 10.4. The molecule has 5 rings (SSSR count). The molecule has 12 heteroatoms. The number of halogens is 5. The van der Waals surface area contributed by atoms with E-state index in [1.54, 1.807) is 23.7 Å². The van der Waals surface area contributed by atoms with Crippen LogP contribution in [-0.4, -0.2) is 29.0 Å². The van der Waals surface area contributed by atoms with E-state index < -0.39 is 24.3 Å². The number of benzene rings is 2. The summed E-state index contributed by atoms with van der Waals surface area (Å²) in [7, 11) is 0. The van der Waals surface area contributed by atoms with Crippen LogP contribution in [0.4, 0.5) is 22.0 Å². The van der Waals surface area contributed by atoms with E-state index in [1.165, 1.54) is 46.1 Å². The monoisotopic (exact) mass is 550 g/mol. The van der Waals surface area contributed by atoms with E-state index in [0.717, 1.165) is 25.0 Å². The van der Waals surface area contributed by atoms with Crippen molar-refractivity contribution >= 4 is 28.4 Å². The van der Waals surface area contributed by atoms with Gasteiger partial charge in [0.15, 0.2) is 16.5 Å². The highest BCUT2D eigenvalue weighted by molar-refractivity contribution is 7.15. The SMILES string of the molecule is O=c1c(-c2ccc(OC(F)(F)F)cc2)c(C=Cc2cccc(OC(F)F)c2OCC2CC2)nc2sccn12. The number of alkyl halides is 5. The summed E-state index contributed by atoms with van der Waals surface area (Å²) in [4.78, 5) is 18.3. The van der Waals surface area contributed by atoms with Crippen LogP contribution >= 0.6 is 11.3 Å². The zero-order valence-corrected chi connectivity index (χ0v) is 20.3. The van der Waals surface area contributed by atoms with Gasteiger partial charge in [0.25, 0.3) is 5.56 Å². The lowest BCUT2D eigenvalue weighted by Gasteiger charge is -2.14. The van der Waals surface area contributed by atoms with Gasteiger partial charge in [0.05, 0.1) is 17.9 Å². The lowest BCUT2D eigenvalue weighted by molar-refractivity contribution is -0.274. The number of aromatic nitrogens is 2. The Kier molecular flexibility index (Phi) is 7.06. The van der Waals surface area contributed by atoms with Gasteiger partial charge in [-0.1, -0.05) is 24.3 Å². The third-order valence-electron chi connectivity index (χ3n) is 5.68. The van der Waals surface area contributed by atoms with Gasteiger partial charge >= 0.3 is 13.0 Å². The molecule has 0 N–H and O–H groups in total. The van der Waals surface area contributed by atoms with Gasteiger partial charge in [-0.3, -0.25) is 9.20 Å². The van der Waals surface area contributed by atoms with Crippen molar-refractivity contribution in [3.63, 3.8) is 0 Å². The van der Waals surface area contributed by atoms with E-state index in [1.807, 2.05) is 0 Å². The highest BCUT2D eigenvalue weighted by atomic mass is 32.1. The fourth-order valence-electron chi connectivity index (χ4n) is 3.77. The predicted molar refractivity (Wildman–Crippen MR) is 132 cm³/mol. The number of para-hydroxylation sites is 1. The molecule has 38 heavy (non-hydrogen) atoms. The van der Waals surface area contributed by atoms with Crippen LogP contribution in [0.5, 0.6) is 17.2 Å². The summed E-state index contributed by atoms with van der Waals surface area (Å²) in [5.41, 5.74) is 0.681. The molecule has 2 heterocycles. The average Bonchev–Trinajstić information content (AvgIpc) is 3.56. The zero-order chi connectivity index (χ0) is 26.9. The lowest BCUT2D eigenvalue weighted by Crippen LogP contribution is -2.18. The maximum absolute atomic E-state index is 13.3. The topological polar surface area (TPSA) is 62.1 Å². The van der Waals surface area contributed by atoms with E-state index in [0.29, 0.717) is 28.6 Å². The third kappa shape index (κ3) is 5.96. The highest BCUT2D eigenvalue weighted by Gasteiger charge is 2.31. The second-order valence-electron chi connectivity index (χ2n) is 8.45. The maximum atomic E-state index is 13.3. The normalized spacial score (nSPS) is 13.9. The van der Waals surface area contributed by atoms with Crippen molar-refractivity contribution in [3.05, 3.63) is 75.7 Å². The van der Waals surface area contributed by atoms with Crippen LogP contribution in [0.3, 0.4) is 0 Å². The molecule has 0 amide bonds. The molecule has 4 aromatic rings. The van der Waals surface area contributed by atoms with Crippen molar-refractivity contribution in [2.45, 2.75) is 25.8 Å². The van der Waals surface area contributed by atoms with Crippen LogP contribution in [0.1, 0.15) is 24.1 Å². The number of hydrogen-bond donors (Lipinski definition) is 0. The van der Waals surface area contributed by atoms with Gasteiger partial charge in [-0.25, -0.2) is 4.98 Å². The summed E-state index contributed by atoms with van der Waals surface area (Å²) < 4.78 is 79.5. The maximum Gasteiger partial charge on any atom is 0.573 e. The number of thiazole rings is 1. The molecule has 198 valence electrons. The van der Waals surface area contributed by atoms with Gasteiger partial charge in [-0.15, -0.1) is 24.5 Å². The summed E-state index contributed by atoms with van der Waals surface area (Å²) in [5, 5.41) is 1.68. The molecule has 0 saturated heterocycles. The van der Waals surface area contributed by atoms with E-state index >= 15 is 0 Å². The van der Waals surface area contributed by atoms with Gasteiger partial charge in [0, 0.05) is 17.1 Å². The molecule has 1 aliphatic carbocycles. The second-order valence-corrected chi connectivity index (χ2v) is 9.32. The molecule has 0 atom stereocenters. The molecule has 1 saturated carbocycles. The average molecular weight is 551 g/mol. The van der Waals surface area contributed by atoms with Crippen molar-refractivity contribution in [2.24, 2.45) is 5.92 Å². The summed E-state index contributed by atoms with van der Waals surface area (Å²) in [6.07, 6.45) is 1.78. The summed E-state index contributed by atoms with van der Waals surface area (Å²) >= 11 is 1.23. The summed E-state index contributed by atoms with van der Waals surface area (Å²) in [6.45, 7) is -2.70. The first-order valence-electron chi connectivity index (χ1n) is 11.4. The largest absolute Gasteiger partial charge is 0.573 e. The van der Waals surface area contributed by atoms with Crippen molar-refractivity contribution < 1.29 is 36.2 Å². The van der Waals surface area contributed by atoms with Crippen molar-refractivity contribution in [3.8, 4) is 28.4 Å². The Labute approximate surface area is 216 Å². The standard InChI is InChI=1S/C26H19F5N2O4S/c27-24(28)36-20-3-1-2-17(22(20)35-14-15-4-5-15)8-11-19-21(23(34)33-12-13-38-25(33)32-19)16-6-9-18(10-7-16)37-26(29,30)31/h1-3,6-13,15,24H,4-5,14H2.